The summed E-state index contributed by atoms with van der Waals surface area (Å²) >= 11 is 1.67. The molecule has 1 amide bonds. The lowest BCUT2D eigenvalue weighted by molar-refractivity contribution is 0.0686. The number of aromatic nitrogens is 3. The highest BCUT2D eigenvalue weighted by atomic mass is 32.1. The molecule has 7 heteroatoms. The first-order valence-electron chi connectivity index (χ1n) is 9.76. The molecule has 1 aromatic carbocycles. The molecule has 1 spiro atoms. The lowest BCUT2D eigenvalue weighted by Gasteiger charge is -2.29. The molecule has 0 radical (unpaired) electrons. The van der Waals surface area contributed by atoms with E-state index in [-0.39, 0.29) is 11.3 Å². The van der Waals surface area contributed by atoms with Crippen LogP contribution in [0.5, 0.6) is 0 Å². The average molecular weight is 394 g/mol. The monoisotopic (exact) mass is 393 g/mol. The van der Waals surface area contributed by atoms with Crippen LogP contribution in [0.1, 0.15) is 35.3 Å². The van der Waals surface area contributed by atoms with Crippen molar-refractivity contribution in [2.45, 2.75) is 31.8 Å². The van der Waals surface area contributed by atoms with E-state index in [0.29, 0.717) is 18.3 Å². The minimum Gasteiger partial charge on any atom is -0.329 e. The van der Waals surface area contributed by atoms with Gasteiger partial charge in [-0.3, -0.25) is 4.79 Å². The van der Waals surface area contributed by atoms with E-state index in [4.69, 9.17) is 0 Å². The summed E-state index contributed by atoms with van der Waals surface area (Å²) in [6, 6.07) is 12.1. The van der Waals surface area contributed by atoms with Crippen LogP contribution in [-0.2, 0) is 6.54 Å². The van der Waals surface area contributed by atoms with Crippen molar-refractivity contribution in [2.24, 2.45) is 5.41 Å². The number of amides is 1. The summed E-state index contributed by atoms with van der Waals surface area (Å²) in [4.78, 5) is 17.0. The smallest absolute Gasteiger partial charge is 0.276 e. The van der Waals surface area contributed by atoms with E-state index < -0.39 is 0 Å². The first-order chi connectivity index (χ1) is 13.8. The van der Waals surface area contributed by atoms with Gasteiger partial charge in [0.25, 0.3) is 5.91 Å². The van der Waals surface area contributed by atoms with Crippen LogP contribution in [-0.4, -0.2) is 44.9 Å². The number of thiophene rings is 1. The number of para-hydroxylation sites is 1. The summed E-state index contributed by atoms with van der Waals surface area (Å²) < 4.78 is 0. The van der Waals surface area contributed by atoms with Crippen LogP contribution in [0.2, 0.25) is 0 Å². The van der Waals surface area contributed by atoms with Crippen LogP contribution in [0.4, 0.5) is 0 Å². The summed E-state index contributed by atoms with van der Waals surface area (Å²) in [7, 11) is 0. The van der Waals surface area contributed by atoms with Gasteiger partial charge in [0, 0.05) is 12.6 Å². The zero-order valence-corrected chi connectivity index (χ0v) is 16.4. The van der Waals surface area contributed by atoms with E-state index in [2.05, 4.69) is 32.3 Å². The number of benzene rings is 1. The zero-order chi connectivity index (χ0) is 19.0. The molecule has 2 fully saturated rings. The minimum atomic E-state index is -0.0196. The third kappa shape index (κ3) is 3.25. The van der Waals surface area contributed by atoms with Gasteiger partial charge in [0.05, 0.1) is 11.9 Å². The van der Waals surface area contributed by atoms with Crippen molar-refractivity contribution in [2.75, 3.05) is 13.1 Å². The van der Waals surface area contributed by atoms with Crippen molar-refractivity contribution in [3.8, 4) is 5.69 Å². The quantitative estimate of drug-likeness (QED) is 0.723. The van der Waals surface area contributed by atoms with Crippen molar-refractivity contribution in [3.05, 3.63) is 64.6 Å². The number of hydrogen-bond donors (Lipinski definition) is 1. The first kappa shape index (κ1) is 17.6. The summed E-state index contributed by atoms with van der Waals surface area (Å²) in [5.41, 5.74) is 2.74. The molecule has 6 nitrogen and oxygen atoms in total. The van der Waals surface area contributed by atoms with Gasteiger partial charge in [0.15, 0.2) is 5.69 Å². The molecule has 1 saturated carbocycles. The average Bonchev–Trinajstić information content (AvgIpc) is 3.16. The molecular weight excluding hydrogens is 370 g/mol. The number of carbonyl (C=O) groups excluding carboxylic acids is 1. The number of nitrogens with zero attached hydrogens (tertiary/aromatic N) is 4. The fourth-order valence-corrected chi connectivity index (χ4v) is 4.99. The van der Waals surface area contributed by atoms with Gasteiger partial charge < -0.3 is 10.2 Å². The molecule has 2 aromatic heterocycles. The van der Waals surface area contributed by atoms with E-state index in [9.17, 15) is 4.79 Å². The van der Waals surface area contributed by atoms with Gasteiger partial charge in [-0.1, -0.05) is 18.2 Å². The Morgan fingerprint density at radius 1 is 1.25 bits per heavy atom. The molecule has 3 aromatic rings. The summed E-state index contributed by atoms with van der Waals surface area (Å²) in [6.45, 7) is 2.72. The predicted molar refractivity (Wildman–Crippen MR) is 108 cm³/mol. The zero-order valence-electron chi connectivity index (χ0n) is 15.6. The summed E-state index contributed by atoms with van der Waals surface area (Å²) in [5.74, 6) is -0.0196. The second-order valence-corrected chi connectivity index (χ2v) is 8.53. The van der Waals surface area contributed by atoms with Crippen LogP contribution in [0.25, 0.3) is 5.69 Å². The van der Waals surface area contributed by atoms with Crippen molar-refractivity contribution < 1.29 is 4.79 Å². The molecule has 1 atom stereocenters. The Balaban J connectivity index is 1.41. The number of carbonyl (C=O) groups is 1. The van der Waals surface area contributed by atoms with E-state index in [1.807, 2.05) is 35.2 Å². The molecule has 1 aliphatic heterocycles. The van der Waals surface area contributed by atoms with E-state index in [1.54, 1.807) is 17.5 Å². The molecule has 1 N–H and O–H groups in total. The lowest BCUT2D eigenvalue weighted by Crippen LogP contribution is -2.39. The molecular formula is C21H23N5OS. The Labute approximate surface area is 168 Å². The fraction of sp³-hybridized carbons (Fsp3) is 0.381. The van der Waals surface area contributed by atoms with Crippen LogP contribution in [0.15, 0.2) is 53.4 Å². The van der Waals surface area contributed by atoms with Crippen LogP contribution < -0.4 is 5.32 Å². The standard InChI is InChI=1S/C21H23N5OS/c27-20(18-13-23-26(24-18)17-4-2-1-3-5-17)25(14-16-6-11-28-15-16)19-12-21(19)7-9-22-10-8-21/h1-6,11,13,15,19,22H,7-10,12,14H2. The normalized spacial score (nSPS) is 20.2. The highest BCUT2D eigenvalue weighted by Crippen LogP contribution is 2.56. The number of nitrogens with one attached hydrogen (secondary N) is 1. The molecule has 1 aliphatic carbocycles. The molecule has 144 valence electrons. The van der Waals surface area contributed by atoms with Crippen LogP contribution in [0, 0.1) is 5.41 Å². The Morgan fingerprint density at radius 3 is 2.82 bits per heavy atom. The van der Waals surface area contributed by atoms with Gasteiger partial charge >= 0.3 is 0 Å². The van der Waals surface area contributed by atoms with Crippen LogP contribution >= 0.6 is 11.3 Å². The number of hydrogen-bond acceptors (Lipinski definition) is 5. The first-order valence-corrected chi connectivity index (χ1v) is 10.7. The Kier molecular flexibility index (Phi) is 4.49. The second-order valence-electron chi connectivity index (χ2n) is 7.75. The van der Waals surface area contributed by atoms with Crippen LogP contribution in [0.3, 0.4) is 0 Å². The van der Waals surface area contributed by atoms with Crippen molar-refractivity contribution in [1.82, 2.24) is 25.2 Å². The van der Waals surface area contributed by atoms with Crippen molar-refractivity contribution >= 4 is 17.2 Å². The van der Waals surface area contributed by atoms with Gasteiger partial charge in [-0.05, 0) is 72.3 Å². The maximum atomic E-state index is 13.4. The number of rotatable bonds is 5. The Morgan fingerprint density at radius 2 is 2.07 bits per heavy atom. The van der Waals surface area contributed by atoms with Crippen molar-refractivity contribution in [3.63, 3.8) is 0 Å². The Hall–Kier alpha value is -2.51. The SMILES string of the molecule is O=C(c1cnn(-c2ccccc2)n1)N(Cc1ccsc1)C1CC12CCNCC2. The molecule has 3 heterocycles. The Bertz CT molecular complexity index is 946. The molecule has 28 heavy (non-hydrogen) atoms. The summed E-state index contributed by atoms with van der Waals surface area (Å²) in [5, 5.41) is 16.4. The molecule has 5 rings (SSSR count). The second kappa shape index (κ2) is 7.14. The largest absolute Gasteiger partial charge is 0.329 e. The molecule has 1 unspecified atom stereocenters. The molecule has 1 saturated heterocycles. The van der Waals surface area contributed by atoms with Gasteiger partial charge in [0.2, 0.25) is 0 Å². The molecule has 0 bridgehead atoms. The van der Waals surface area contributed by atoms with Gasteiger partial charge in [-0.25, -0.2) is 0 Å². The van der Waals surface area contributed by atoms with E-state index in [0.717, 1.165) is 38.0 Å². The van der Waals surface area contributed by atoms with E-state index in [1.165, 1.54) is 10.4 Å². The maximum Gasteiger partial charge on any atom is 0.276 e. The highest BCUT2D eigenvalue weighted by molar-refractivity contribution is 7.07. The summed E-state index contributed by atoms with van der Waals surface area (Å²) in [6.07, 6.45) is 4.97. The van der Waals surface area contributed by atoms with E-state index >= 15 is 0 Å². The third-order valence-electron chi connectivity index (χ3n) is 6.01. The lowest BCUT2D eigenvalue weighted by atomic mass is 9.93. The third-order valence-corrected chi connectivity index (χ3v) is 6.75. The minimum absolute atomic E-state index is 0.0196. The topological polar surface area (TPSA) is 63.1 Å². The molecule has 2 aliphatic rings. The van der Waals surface area contributed by atoms with Gasteiger partial charge in [0.1, 0.15) is 0 Å². The van der Waals surface area contributed by atoms with Crippen molar-refractivity contribution in [1.29, 1.82) is 0 Å². The van der Waals surface area contributed by atoms with Gasteiger partial charge in [-0.15, -0.1) is 5.10 Å². The predicted octanol–water partition coefficient (Wildman–Crippen LogP) is 3.11. The van der Waals surface area contributed by atoms with Gasteiger partial charge in [-0.2, -0.15) is 21.2 Å². The fourth-order valence-electron chi connectivity index (χ4n) is 4.33. The number of piperidine rings is 1. The maximum absolute atomic E-state index is 13.4. The highest BCUT2D eigenvalue weighted by Gasteiger charge is 2.58.